The number of halogens is 3. The van der Waals surface area contributed by atoms with Crippen LogP contribution in [0.2, 0.25) is 0 Å². The number of alkyl halides is 3. The van der Waals surface area contributed by atoms with Crippen molar-refractivity contribution in [2.24, 2.45) is 7.05 Å². The lowest BCUT2D eigenvalue weighted by Crippen LogP contribution is -2.28. The zero-order chi connectivity index (χ0) is 20.5. The monoisotopic (exact) mass is 412 g/mol. The van der Waals surface area contributed by atoms with E-state index in [0.717, 1.165) is 16.2 Å². The molecule has 28 heavy (non-hydrogen) atoms. The molecule has 3 rings (SSSR count). The van der Waals surface area contributed by atoms with Crippen LogP contribution in [0.4, 0.5) is 13.2 Å². The van der Waals surface area contributed by atoms with Crippen LogP contribution < -0.4 is 10.1 Å². The van der Waals surface area contributed by atoms with E-state index < -0.39 is 23.8 Å². The van der Waals surface area contributed by atoms with E-state index in [-0.39, 0.29) is 5.69 Å². The number of methoxy groups -OCH3 is 1. The number of amides is 1. The summed E-state index contributed by atoms with van der Waals surface area (Å²) in [4.78, 5) is 20.7. The van der Waals surface area contributed by atoms with E-state index in [1.165, 1.54) is 14.2 Å². The Balaban J connectivity index is 1.75. The number of aryl methyl sites for hydroxylation is 1. The molecule has 0 aliphatic rings. The van der Waals surface area contributed by atoms with Crippen molar-refractivity contribution in [3.63, 3.8) is 0 Å². The molecule has 0 bridgehead atoms. The lowest BCUT2D eigenvalue weighted by Gasteiger charge is -2.10. The normalized spacial score (nSPS) is 12.6. The van der Waals surface area contributed by atoms with Gasteiger partial charge in [0, 0.05) is 30.9 Å². The fourth-order valence-corrected chi connectivity index (χ4v) is 3.01. The molecule has 0 saturated carbocycles. The van der Waals surface area contributed by atoms with E-state index >= 15 is 0 Å². The third kappa shape index (κ3) is 4.11. The van der Waals surface area contributed by atoms with Gasteiger partial charge in [-0.3, -0.25) is 9.48 Å². The highest BCUT2D eigenvalue weighted by Crippen LogP contribution is 2.29. The second kappa shape index (κ2) is 7.54. The van der Waals surface area contributed by atoms with Crippen molar-refractivity contribution in [2.75, 3.05) is 7.11 Å². The fraction of sp³-hybridized carbons (Fsp3) is 0.312. The molecule has 0 spiro atoms. The van der Waals surface area contributed by atoms with Crippen molar-refractivity contribution in [1.29, 1.82) is 0 Å². The lowest BCUT2D eigenvalue weighted by molar-refractivity contribution is -0.141. The second-order valence-corrected chi connectivity index (χ2v) is 6.56. The maximum atomic E-state index is 12.8. The number of carbonyl (C=O) groups is 1. The highest BCUT2D eigenvalue weighted by Gasteiger charge is 2.35. The van der Waals surface area contributed by atoms with Gasteiger partial charge in [-0.15, -0.1) is 0 Å². The van der Waals surface area contributed by atoms with E-state index in [1.54, 1.807) is 25.3 Å². The smallest absolute Gasteiger partial charge is 0.435 e. The van der Waals surface area contributed by atoms with Crippen molar-refractivity contribution in [2.45, 2.75) is 19.1 Å². The average Bonchev–Trinajstić information content (AvgIpc) is 3.28. The van der Waals surface area contributed by atoms with Gasteiger partial charge in [-0.2, -0.15) is 22.6 Å². The molecular weight excluding hydrogens is 397 g/mol. The molecule has 0 aromatic carbocycles. The largest absolute Gasteiger partial charge is 0.481 e. The summed E-state index contributed by atoms with van der Waals surface area (Å²) in [5.74, 6) is 0.147. The zero-order valence-electron chi connectivity index (χ0n) is 15.0. The molecule has 1 unspecified atom stereocenters. The number of rotatable bonds is 5. The molecule has 1 atom stereocenters. The first-order valence-electron chi connectivity index (χ1n) is 7.95. The molecule has 0 fully saturated rings. The molecule has 1 N–H and O–H groups in total. The van der Waals surface area contributed by atoms with Crippen LogP contribution in [0, 0.1) is 0 Å². The molecule has 12 heteroatoms. The van der Waals surface area contributed by atoms with Crippen molar-refractivity contribution in [3.8, 4) is 17.3 Å². The summed E-state index contributed by atoms with van der Waals surface area (Å²) in [5.41, 5.74) is -0.644. The maximum absolute atomic E-state index is 12.8. The highest BCUT2D eigenvalue weighted by atomic mass is 32.1. The Labute approximate surface area is 161 Å². The van der Waals surface area contributed by atoms with E-state index in [1.807, 2.05) is 0 Å². The van der Waals surface area contributed by atoms with Crippen molar-refractivity contribution < 1.29 is 22.7 Å². The Hall–Kier alpha value is -3.02. The van der Waals surface area contributed by atoms with Gasteiger partial charge in [0.1, 0.15) is 10.7 Å². The quantitative estimate of drug-likeness (QED) is 0.693. The van der Waals surface area contributed by atoms with Crippen LogP contribution >= 0.6 is 11.5 Å². The Morgan fingerprint density at radius 2 is 2.11 bits per heavy atom. The summed E-state index contributed by atoms with van der Waals surface area (Å²) in [6.45, 7) is 1.66. The molecule has 0 saturated heterocycles. The minimum Gasteiger partial charge on any atom is -0.481 e. The van der Waals surface area contributed by atoms with Gasteiger partial charge in [0.2, 0.25) is 5.88 Å². The molecule has 1 amide bonds. The Kier molecular flexibility index (Phi) is 5.31. The van der Waals surface area contributed by atoms with Crippen LogP contribution in [-0.4, -0.2) is 37.1 Å². The molecule has 0 aliphatic heterocycles. The zero-order valence-corrected chi connectivity index (χ0v) is 15.8. The van der Waals surface area contributed by atoms with Gasteiger partial charge in [0.15, 0.2) is 11.5 Å². The fourth-order valence-electron chi connectivity index (χ4n) is 2.34. The number of carbonyl (C=O) groups excluding carboxylic acids is 1. The minimum absolute atomic E-state index is 0.206. The van der Waals surface area contributed by atoms with Crippen molar-refractivity contribution in [1.82, 2.24) is 29.4 Å². The van der Waals surface area contributed by atoms with Gasteiger partial charge in [-0.25, -0.2) is 9.97 Å². The molecule has 0 radical (unpaired) electrons. The van der Waals surface area contributed by atoms with Gasteiger partial charge < -0.3 is 10.1 Å². The second-order valence-electron chi connectivity index (χ2n) is 5.77. The van der Waals surface area contributed by atoms with Crippen LogP contribution in [0.1, 0.15) is 34.2 Å². The van der Waals surface area contributed by atoms with Crippen LogP contribution in [0.5, 0.6) is 5.88 Å². The van der Waals surface area contributed by atoms with Crippen LogP contribution in [-0.2, 0) is 13.2 Å². The first kappa shape index (κ1) is 19.7. The topological polar surface area (TPSA) is 94.8 Å². The summed E-state index contributed by atoms with van der Waals surface area (Å²) in [7, 11) is 2.76. The van der Waals surface area contributed by atoms with Gasteiger partial charge in [0.05, 0.1) is 13.2 Å². The molecule has 0 aliphatic carbocycles. The number of hydrogen-bond donors (Lipinski definition) is 1. The Morgan fingerprint density at radius 1 is 1.36 bits per heavy atom. The third-order valence-electron chi connectivity index (χ3n) is 3.76. The van der Waals surface area contributed by atoms with Gasteiger partial charge >= 0.3 is 6.18 Å². The number of nitrogens with one attached hydrogen (secondary N) is 1. The van der Waals surface area contributed by atoms with E-state index in [4.69, 9.17) is 4.74 Å². The first-order chi connectivity index (χ1) is 13.2. The summed E-state index contributed by atoms with van der Waals surface area (Å²) >= 11 is 1.08. The number of ether oxygens (including phenoxy) is 1. The number of pyridine rings is 1. The van der Waals surface area contributed by atoms with E-state index in [2.05, 4.69) is 24.8 Å². The SMILES string of the molecule is COc1cc(-c2nsc(C(C)NC(=O)c3cc(C(F)(F)F)nn3C)n2)ccn1. The number of hydrogen-bond acceptors (Lipinski definition) is 7. The van der Waals surface area contributed by atoms with Gasteiger partial charge in [-0.05, 0) is 24.5 Å². The van der Waals surface area contributed by atoms with Crippen LogP contribution in [0.25, 0.3) is 11.4 Å². The summed E-state index contributed by atoms with van der Waals surface area (Å²) in [5, 5.41) is 6.44. The molecular formula is C16H15F3N6O2S. The van der Waals surface area contributed by atoms with Crippen molar-refractivity contribution in [3.05, 3.63) is 40.8 Å². The van der Waals surface area contributed by atoms with Crippen molar-refractivity contribution >= 4 is 17.4 Å². The molecule has 3 aromatic heterocycles. The highest BCUT2D eigenvalue weighted by molar-refractivity contribution is 7.05. The first-order valence-corrected chi connectivity index (χ1v) is 8.72. The van der Waals surface area contributed by atoms with E-state index in [0.29, 0.717) is 28.3 Å². The minimum atomic E-state index is -4.62. The predicted molar refractivity (Wildman–Crippen MR) is 93.8 cm³/mol. The Morgan fingerprint density at radius 3 is 2.75 bits per heavy atom. The average molecular weight is 412 g/mol. The van der Waals surface area contributed by atoms with E-state index in [9.17, 15) is 18.0 Å². The Bertz CT molecular complexity index is 1000. The molecule has 8 nitrogen and oxygen atoms in total. The lowest BCUT2D eigenvalue weighted by atomic mass is 10.2. The standard InChI is InChI=1S/C16H15F3N6O2S/c1-8(21-14(26)10-7-11(16(17,18)19)23-25(10)2)15-22-13(24-28-15)9-4-5-20-12(6-9)27-3/h4-8H,1-3H3,(H,21,26). The molecule has 148 valence electrons. The number of nitrogens with zero attached hydrogens (tertiary/aromatic N) is 5. The predicted octanol–water partition coefficient (Wildman–Crippen LogP) is 2.85. The van der Waals surface area contributed by atoms with Gasteiger partial charge in [0.25, 0.3) is 5.91 Å². The maximum Gasteiger partial charge on any atom is 0.435 e. The summed E-state index contributed by atoms with van der Waals surface area (Å²) in [6, 6.07) is 3.53. The van der Waals surface area contributed by atoms with Crippen LogP contribution in [0.15, 0.2) is 24.4 Å². The summed E-state index contributed by atoms with van der Waals surface area (Å²) < 4.78 is 48.5. The summed E-state index contributed by atoms with van der Waals surface area (Å²) in [6.07, 6.45) is -3.07. The van der Waals surface area contributed by atoms with Crippen LogP contribution in [0.3, 0.4) is 0 Å². The molecule has 3 aromatic rings. The third-order valence-corrected chi connectivity index (χ3v) is 4.66. The van der Waals surface area contributed by atoms with Gasteiger partial charge in [-0.1, -0.05) is 0 Å². The number of aromatic nitrogens is 5. The molecule has 3 heterocycles.